The molecule has 5 N–H and O–H groups in total. The Kier molecular flexibility index (Phi) is 8.18. The fraction of sp³-hybridized carbons (Fsp3) is 0.160. The minimum Gasteiger partial charge on any atom is -0.381 e. The molecule has 0 radical (unpaired) electrons. The Balaban J connectivity index is 1.79. The van der Waals surface area contributed by atoms with Gasteiger partial charge in [0.05, 0.1) is 6.04 Å². The van der Waals surface area contributed by atoms with Crippen molar-refractivity contribution < 1.29 is 19.5 Å². The van der Waals surface area contributed by atoms with Crippen LogP contribution in [0.4, 0.5) is 0 Å². The summed E-state index contributed by atoms with van der Waals surface area (Å²) in [5.41, 5.74) is 7.07. The number of carbonyl (C=O) groups excluding carboxylic acids is 3. The smallest absolute Gasteiger partial charge is 0.252 e. The summed E-state index contributed by atoms with van der Waals surface area (Å²) in [6.45, 7) is 0. The van der Waals surface area contributed by atoms with E-state index in [0.29, 0.717) is 21.7 Å². The summed E-state index contributed by atoms with van der Waals surface area (Å²) in [5, 5.41) is 16.5. The van der Waals surface area contributed by atoms with Crippen LogP contribution < -0.4 is 16.4 Å². The van der Waals surface area contributed by atoms with Crippen LogP contribution in [0.5, 0.6) is 0 Å². The van der Waals surface area contributed by atoms with E-state index < -0.39 is 35.9 Å². The van der Waals surface area contributed by atoms with Crippen LogP contribution in [0, 0.1) is 0 Å². The van der Waals surface area contributed by atoms with Crippen LogP contribution in [0.2, 0.25) is 5.02 Å². The van der Waals surface area contributed by atoms with E-state index in [1.165, 1.54) is 0 Å². The molecule has 8 heteroatoms. The molecular weight excluding hydrogens is 442 g/mol. The third-order valence-electron chi connectivity index (χ3n) is 5.05. The Bertz CT molecular complexity index is 1110. The highest BCUT2D eigenvalue weighted by Gasteiger charge is 2.31. The first-order valence-electron chi connectivity index (χ1n) is 10.3. The largest absolute Gasteiger partial charge is 0.381 e. The summed E-state index contributed by atoms with van der Waals surface area (Å²) >= 11 is 5.99. The number of benzene rings is 3. The summed E-state index contributed by atoms with van der Waals surface area (Å²) in [6.07, 6.45) is -1.58. The van der Waals surface area contributed by atoms with Gasteiger partial charge in [0.2, 0.25) is 5.91 Å². The molecule has 0 spiro atoms. The highest BCUT2D eigenvalue weighted by atomic mass is 35.5. The van der Waals surface area contributed by atoms with Gasteiger partial charge in [0.1, 0.15) is 6.04 Å². The fourth-order valence-electron chi connectivity index (χ4n) is 3.35. The molecule has 7 nitrogen and oxygen atoms in total. The van der Waals surface area contributed by atoms with Crippen molar-refractivity contribution in [1.82, 2.24) is 10.6 Å². The molecule has 0 bridgehead atoms. The lowest BCUT2D eigenvalue weighted by atomic mass is 9.99. The van der Waals surface area contributed by atoms with E-state index in [0.717, 1.165) is 0 Å². The molecule has 0 saturated heterocycles. The van der Waals surface area contributed by atoms with Gasteiger partial charge in [-0.2, -0.15) is 0 Å². The number of amides is 3. The van der Waals surface area contributed by atoms with Crippen molar-refractivity contribution in [2.24, 2.45) is 5.73 Å². The Morgan fingerprint density at radius 2 is 1.52 bits per heavy atom. The predicted octanol–water partition coefficient (Wildman–Crippen LogP) is 2.38. The van der Waals surface area contributed by atoms with Crippen LogP contribution in [-0.4, -0.2) is 35.0 Å². The van der Waals surface area contributed by atoms with E-state index >= 15 is 0 Å². The van der Waals surface area contributed by atoms with Gasteiger partial charge in [-0.05, 0) is 35.4 Å². The van der Waals surface area contributed by atoms with Gasteiger partial charge in [-0.15, -0.1) is 0 Å². The molecule has 3 aromatic carbocycles. The Hall–Kier alpha value is -3.68. The summed E-state index contributed by atoms with van der Waals surface area (Å²) in [4.78, 5) is 37.6. The molecule has 0 unspecified atom stereocenters. The van der Waals surface area contributed by atoms with Gasteiger partial charge >= 0.3 is 0 Å². The number of rotatable bonds is 9. The maximum Gasteiger partial charge on any atom is 0.252 e. The van der Waals surface area contributed by atoms with E-state index in [1.54, 1.807) is 84.9 Å². The summed E-state index contributed by atoms with van der Waals surface area (Å²) < 4.78 is 0. The van der Waals surface area contributed by atoms with Gasteiger partial charge < -0.3 is 21.5 Å². The van der Waals surface area contributed by atoms with Crippen molar-refractivity contribution in [1.29, 1.82) is 0 Å². The Morgan fingerprint density at radius 1 is 0.879 bits per heavy atom. The van der Waals surface area contributed by atoms with Crippen LogP contribution in [0.1, 0.15) is 27.5 Å². The zero-order chi connectivity index (χ0) is 23.8. The number of aliphatic hydroxyl groups is 1. The average molecular weight is 466 g/mol. The van der Waals surface area contributed by atoms with Crippen LogP contribution in [0.15, 0.2) is 84.9 Å². The van der Waals surface area contributed by atoms with Crippen molar-refractivity contribution in [2.75, 3.05) is 0 Å². The SMILES string of the molecule is NC(=O)[C@@H](Cc1cccc(Cl)c1)NC(=O)[C@H](O)[C@@H](NC(=O)c1ccccc1)c1ccccc1. The molecule has 33 heavy (non-hydrogen) atoms. The van der Waals surface area contributed by atoms with Crippen LogP contribution in [-0.2, 0) is 16.0 Å². The van der Waals surface area contributed by atoms with E-state index in [1.807, 2.05) is 0 Å². The highest BCUT2D eigenvalue weighted by molar-refractivity contribution is 6.30. The molecule has 0 aromatic heterocycles. The van der Waals surface area contributed by atoms with E-state index in [2.05, 4.69) is 10.6 Å². The van der Waals surface area contributed by atoms with Crippen LogP contribution in [0.25, 0.3) is 0 Å². The zero-order valence-electron chi connectivity index (χ0n) is 17.6. The number of primary amides is 1. The standard InChI is InChI=1S/C25H24ClN3O4/c26-19-13-7-8-16(14-19)15-20(23(27)31)28-25(33)22(30)21(17-9-3-1-4-10-17)29-24(32)18-11-5-2-6-12-18/h1-14,20-22,30H,15H2,(H2,27,31)(H,28,33)(H,29,32)/t20-,21+,22-/m1/s1. The molecule has 3 amide bonds. The van der Waals surface area contributed by atoms with Gasteiger partial charge in [0, 0.05) is 17.0 Å². The number of carbonyl (C=O) groups is 3. The lowest BCUT2D eigenvalue weighted by Gasteiger charge is -2.26. The normalized spacial score (nSPS) is 13.4. The molecule has 0 aliphatic heterocycles. The van der Waals surface area contributed by atoms with Gasteiger partial charge in [-0.1, -0.05) is 72.3 Å². The molecule has 0 saturated carbocycles. The van der Waals surface area contributed by atoms with Crippen molar-refractivity contribution in [3.8, 4) is 0 Å². The minimum absolute atomic E-state index is 0.0979. The fourth-order valence-corrected chi connectivity index (χ4v) is 3.56. The third-order valence-corrected chi connectivity index (χ3v) is 5.29. The maximum atomic E-state index is 12.9. The first-order chi connectivity index (χ1) is 15.8. The lowest BCUT2D eigenvalue weighted by Crippen LogP contribution is -2.52. The zero-order valence-corrected chi connectivity index (χ0v) is 18.4. The van der Waals surface area contributed by atoms with Gasteiger partial charge in [0.25, 0.3) is 11.8 Å². The van der Waals surface area contributed by atoms with Gasteiger partial charge in [-0.25, -0.2) is 0 Å². The van der Waals surface area contributed by atoms with Crippen LogP contribution in [0.3, 0.4) is 0 Å². The second-order valence-corrected chi connectivity index (χ2v) is 7.91. The average Bonchev–Trinajstić information content (AvgIpc) is 2.82. The van der Waals surface area contributed by atoms with Gasteiger partial charge in [-0.3, -0.25) is 14.4 Å². The molecule has 0 heterocycles. The lowest BCUT2D eigenvalue weighted by molar-refractivity contribution is -0.134. The van der Waals surface area contributed by atoms with E-state index in [-0.39, 0.29) is 6.42 Å². The van der Waals surface area contributed by atoms with E-state index in [4.69, 9.17) is 17.3 Å². The minimum atomic E-state index is -1.68. The molecule has 3 aromatic rings. The third kappa shape index (κ3) is 6.65. The van der Waals surface area contributed by atoms with Crippen LogP contribution >= 0.6 is 11.6 Å². The highest BCUT2D eigenvalue weighted by Crippen LogP contribution is 2.19. The summed E-state index contributed by atoms with van der Waals surface area (Å²) in [6, 6.07) is 21.7. The second-order valence-electron chi connectivity index (χ2n) is 7.47. The number of hydrogen-bond donors (Lipinski definition) is 4. The van der Waals surface area contributed by atoms with E-state index in [9.17, 15) is 19.5 Å². The number of nitrogens with two attached hydrogens (primary N) is 1. The first kappa shape index (κ1) is 24.0. The van der Waals surface area contributed by atoms with Crippen molar-refractivity contribution >= 4 is 29.3 Å². The number of aliphatic hydroxyl groups excluding tert-OH is 1. The summed E-state index contributed by atoms with van der Waals surface area (Å²) in [7, 11) is 0. The van der Waals surface area contributed by atoms with Gasteiger partial charge in [0.15, 0.2) is 6.10 Å². The number of nitrogens with one attached hydrogen (secondary N) is 2. The van der Waals surface area contributed by atoms with Crippen molar-refractivity contribution in [3.05, 3.63) is 107 Å². The maximum absolute atomic E-state index is 12.9. The monoisotopic (exact) mass is 465 g/mol. The summed E-state index contributed by atoms with van der Waals surface area (Å²) in [5.74, 6) is -2.06. The topological polar surface area (TPSA) is 122 Å². The molecule has 3 rings (SSSR count). The molecular formula is C25H24ClN3O4. The molecule has 0 fully saturated rings. The number of hydrogen-bond acceptors (Lipinski definition) is 4. The quantitative estimate of drug-likeness (QED) is 0.387. The Morgan fingerprint density at radius 3 is 2.12 bits per heavy atom. The molecule has 0 aliphatic carbocycles. The molecule has 170 valence electrons. The predicted molar refractivity (Wildman–Crippen MR) is 125 cm³/mol. The molecule has 3 atom stereocenters. The van der Waals surface area contributed by atoms with Crippen molar-refractivity contribution in [2.45, 2.75) is 24.6 Å². The van der Waals surface area contributed by atoms with Crippen molar-refractivity contribution in [3.63, 3.8) is 0 Å². The molecule has 0 aliphatic rings. The first-order valence-corrected chi connectivity index (χ1v) is 10.7. The second kappa shape index (κ2) is 11.3. The Labute approximate surface area is 196 Å². The number of halogens is 1.